The third-order valence-corrected chi connectivity index (χ3v) is 5.25. The summed E-state index contributed by atoms with van der Waals surface area (Å²) in [5.41, 5.74) is 2.82. The van der Waals surface area contributed by atoms with Crippen LogP contribution in [0.2, 0.25) is 0 Å². The largest absolute Gasteiger partial charge is 0.350 e. The molecule has 2 aromatic heterocycles. The van der Waals surface area contributed by atoms with Crippen LogP contribution < -0.4 is 5.32 Å². The Hall–Kier alpha value is -2.51. The number of carbonyl (C=O) groups excluding carboxylic acids is 1. The van der Waals surface area contributed by atoms with Gasteiger partial charge in [-0.15, -0.1) is 21.5 Å². The Morgan fingerprint density at radius 2 is 1.88 bits per heavy atom. The van der Waals surface area contributed by atoms with Crippen LogP contribution in [-0.4, -0.2) is 46.2 Å². The Morgan fingerprint density at radius 1 is 1.20 bits per heavy atom. The van der Waals surface area contributed by atoms with Gasteiger partial charge in [0.2, 0.25) is 0 Å². The van der Waals surface area contributed by atoms with Gasteiger partial charge in [0, 0.05) is 22.7 Å². The van der Waals surface area contributed by atoms with Gasteiger partial charge in [0.05, 0.1) is 6.04 Å². The lowest BCUT2D eigenvalue weighted by atomic mass is 10.1. The van der Waals surface area contributed by atoms with Gasteiger partial charge in [0.1, 0.15) is 12.7 Å². The van der Waals surface area contributed by atoms with Gasteiger partial charge in [-0.3, -0.25) is 9.36 Å². The smallest absolute Gasteiger partial charge is 0.251 e. The van der Waals surface area contributed by atoms with E-state index in [1.807, 2.05) is 38.4 Å². The molecular weight excluding hydrogens is 334 g/mol. The molecular formula is C18H21N5OS. The summed E-state index contributed by atoms with van der Waals surface area (Å²) in [6.07, 6.45) is 3.25. The van der Waals surface area contributed by atoms with Crippen LogP contribution in [0.3, 0.4) is 0 Å². The van der Waals surface area contributed by atoms with E-state index < -0.39 is 0 Å². The number of amides is 1. The number of thiophene rings is 1. The number of rotatable bonds is 6. The van der Waals surface area contributed by atoms with E-state index in [1.54, 1.807) is 28.6 Å². The summed E-state index contributed by atoms with van der Waals surface area (Å²) < 4.78 is 1.79. The van der Waals surface area contributed by atoms with Gasteiger partial charge in [-0.05, 0) is 62.3 Å². The zero-order chi connectivity index (χ0) is 17.8. The molecule has 6 nitrogen and oxygen atoms in total. The lowest BCUT2D eigenvalue weighted by Crippen LogP contribution is -2.34. The molecule has 0 fully saturated rings. The van der Waals surface area contributed by atoms with Gasteiger partial charge in [0.15, 0.2) is 0 Å². The molecule has 0 bridgehead atoms. The van der Waals surface area contributed by atoms with Crippen LogP contribution in [0.1, 0.15) is 26.8 Å². The zero-order valence-electron chi connectivity index (χ0n) is 14.5. The van der Waals surface area contributed by atoms with E-state index in [0.717, 1.165) is 5.69 Å². The van der Waals surface area contributed by atoms with Crippen molar-refractivity contribution in [2.75, 3.05) is 20.6 Å². The Labute approximate surface area is 151 Å². The number of aryl methyl sites for hydroxylation is 1. The van der Waals surface area contributed by atoms with Crippen molar-refractivity contribution in [3.05, 3.63) is 64.4 Å². The highest BCUT2D eigenvalue weighted by Gasteiger charge is 2.18. The van der Waals surface area contributed by atoms with E-state index in [1.165, 1.54) is 10.4 Å². The highest BCUT2D eigenvalue weighted by Crippen LogP contribution is 2.26. The Morgan fingerprint density at radius 3 is 2.44 bits per heavy atom. The summed E-state index contributed by atoms with van der Waals surface area (Å²) in [6, 6.07) is 9.66. The van der Waals surface area contributed by atoms with E-state index in [0.29, 0.717) is 12.1 Å². The van der Waals surface area contributed by atoms with Crippen LogP contribution in [0.5, 0.6) is 0 Å². The lowest BCUT2D eigenvalue weighted by Gasteiger charge is -2.24. The number of nitrogens with zero attached hydrogens (tertiary/aromatic N) is 4. The highest BCUT2D eigenvalue weighted by atomic mass is 32.1. The van der Waals surface area contributed by atoms with Gasteiger partial charge >= 0.3 is 0 Å². The predicted molar refractivity (Wildman–Crippen MR) is 99.2 cm³/mol. The molecule has 0 aliphatic rings. The summed E-state index contributed by atoms with van der Waals surface area (Å²) in [6.45, 7) is 2.67. The van der Waals surface area contributed by atoms with Crippen LogP contribution >= 0.6 is 11.3 Å². The average Bonchev–Trinajstić information content (AvgIpc) is 3.27. The number of hydrogen-bond acceptors (Lipinski definition) is 5. The van der Waals surface area contributed by atoms with E-state index >= 15 is 0 Å². The molecule has 1 unspecified atom stereocenters. The molecule has 0 radical (unpaired) electrons. The van der Waals surface area contributed by atoms with Gasteiger partial charge in [-0.2, -0.15) is 0 Å². The fraction of sp³-hybridized carbons (Fsp3) is 0.278. The predicted octanol–water partition coefficient (Wildman–Crippen LogP) is 2.67. The van der Waals surface area contributed by atoms with Crippen molar-refractivity contribution in [3.8, 4) is 5.69 Å². The van der Waals surface area contributed by atoms with Gasteiger partial charge < -0.3 is 10.2 Å². The molecule has 130 valence electrons. The lowest BCUT2D eigenvalue weighted by molar-refractivity contribution is 0.0942. The SMILES string of the molecule is Cc1ccsc1C(CNC(=O)c1ccc(-n2cnnc2)cc1)N(C)C. The normalized spacial score (nSPS) is 12.3. The summed E-state index contributed by atoms with van der Waals surface area (Å²) >= 11 is 1.73. The molecule has 1 atom stereocenters. The maximum Gasteiger partial charge on any atom is 0.251 e. The second kappa shape index (κ2) is 7.58. The molecule has 2 heterocycles. The van der Waals surface area contributed by atoms with Crippen molar-refractivity contribution >= 4 is 17.2 Å². The molecule has 0 spiro atoms. The van der Waals surface area contributed by atoms with Crippen LogP contribution in [0.25, 0.3) is 5.69 Å². The van der Waals surface area contributed by atoms with E-state index in [4.69, 9.17) is 0 Å². The average molecular weight is 355 g/mol. The number of aromatic nitrogens is 3. The Kier molecular flexibility index (Phi) is 5.25. The third-order valence-electron chi connectivity index (χ3n) is 4.13. The first kappa shape index (κ1) is 17.3. The van der Waals surface area contributed by atoms with Crippen LogP contribution in [0, 0.1) is 6.92 Å². The summed E-state index contributed by atoms with van der Waals surface area (Å²) in [7, 11) is 4.06. The van der Waals surface area contributed by atoms with Crippen LogP contribution in [0.15, 0.2) is 48.4 Å². The van der Waals surface area contributed by atoms with Crippen LogP contribution in [0.4, 0.5) is 0 Å². The third kappa shape index (κ3) is 3.94. The maximum atomic E-state index is 12.5. The molecule has 0 saturated carbocycles. The molecule has 3 rings (SSSR count). The number of carbonyl (C=O) groups is 1. The van der Waals surface area contributed by atoms with Crippen molar-refractivity contribution in [3.63, 3.8) is 0 Å². The molecule has 0 saturated heterocycles. The van der Waals surface area contributed by atoms with Gasteiger partial charge in [-0.25, -0.2) is 0 Å². The summed E-state index contributed by atoms with van der Waals surface area (Å²) in [5, 5.41) is 12.7. The van der Waals surface area contributed by atoms with Crippen molar-refractivity contribution in [1.29, 1.82) is 0 Å². The number of nitrogens with one attached hydrogen (secondary N) is 1. The standard InChI is InChI=1S/C18H21N5OS/c1-13-8-9-25-17(13)16(22(2)3)10-19-18(24)14-4-6-15(7-5-14)23-11-20-21-12-23/h4-9,11-12,16H,10H2,1-3H3,(H,19,24). The first-order valence-corrected chi connectivity index (χ1v) is 8.88. The number of likely N-dealkylation sites (N-methyl/N-ethyl adjacent to an activating group) is 1. The maximum absolute atomic E-state index is 12.5. The minimum Gasteiger partial charge on any atom is -0.350 e. The Balaban J connectivity index is 1.66. The fourth-order valence-corrected chi connectivity index (χ4v) is 3.77. The minimum atomic E-state index is -0.0728. The van der Waals surface area contributed by atoms with Crippen molar-refractivity contribution in [2.24, 2.45) is 0 Å². The molecule has 0 aliphatic heterocycles. The van der Waals surface area contributed by atoms with Gasteiger partial charge in [0.25, 0.3) is 5.91 Å². The molecule has 1 aromatic carbocycles. The molecule has 7 heteroatoms. The zero-order valence-corrected chi connectivity index (χ0v) is 15.3. The topological polar surface area (TPSA) is 63.1 Å². The molecule has 25 heavy (non-hydrogen) atoms. The van der Waals surface area contributed by atoms with Gasteiger partial charge in [-0.1, -0.05) is 0 Å². The molecule has 1 N–H and O–H groups in total. The second-order valence-corrected chi connectivity index (χ2v) is 7.02. The molecule has 3 aromatic rings. The number of hydrogen-bond donors (Lipinski definition) is 1. The van der Waals surface area contributed by atoms with E-state index in [-0.39, 0.29) is 11.9 Å². The summed E-state index contributed by atoms with van der Waals surface area (Å²) in [4.78, 5) is 15.9. The highest BCUT2D eigenvalue weighted by molar-refractivity contribution is 7.10. The minimum absolute atomic E-state index is 0.0728. The monoisotopic (exact) mass is 355 g/mol. The summed E-state index contributed by atoms with van der Waals surface area (Å²) in [5.74, 6) is -0.0728. The van der Waals surface area contributed by atoms with E-state index in [2.05, 4.69) is 38.8 Å². The van der Waals surface area contributed by atoms with Crippen LogP contribution in [-0.2, 0) is 0 Å². The van der Waals surface area contributed by atoms with E-state index in [9.17, 15) is 4.79 Å². The first-order valence-electron chi connectivity index (χ1n) is 8.00. The molecule has 1 amide bonds. The Bertz CT molecular complexity index is 824. The van der Waals surface area contributed by atoms with Crippen molar-refractivity contribution < 1.29 is 4.79 Å². The van der Waals surface area contributed by atoms with Crippen molar-refractivity contribution in [1.82, 2.24) is 25.0 Å². The second-order valence-electron chi connectivity index (χ2n) is 6.07. The quantitative estimate of drug-likeness (QED) is 0.738. The number of benzene rings is 1. The van der Waals surface area contributed by atoms with Crippen molar-refractivity contribution in [2.45, 2.75) is 13.0 Å². The fourth-order valence-electron chi connectivity index (χ4n) is 2.65. The molecule has 0 aliphatic carbocycles. The first-order chi connectivity index (χ1) is 12.1.